The lowest BCUT2D eigenvalue weighted by molar-refractivity contribution is -0.384. The lowest BCUT2D eigenvalue weighted by Gasteiger charge is -1.98. The highest BCUT2D eigenvalue weighted by Crippen LogP contribution is 2.27. The highest BCUT2D eigenvalue weighted by atomic mass is 16.6. The second-order valence-electron chi connectivity index (χ2n) is 4.32. The molecule has 2 N–H and O–H groups in total. The third-order valence-corrected chi connectivity index (χ3v) is 2.93. The molecule has 21 heavy (non-hydrogen) atoms. The summed E-state index contributed by atoms with van der Waals surface area (Å²) in [5, 5.41) is 14.6. The molecular formula is C14H10N4O3. The smallest absolute Gasteiger partial charge is 0.270 e. The summed E-state index contributed by atoms with van der Waals surface area (Å²) in [6.45, 7) is 0. The van der Waals surface area contributed by atoms with Gasteiger partial charge in [-0.2, -0.15) is 4.98 Å². The molecular weight excluding hydrogens is 272 g/mol. The van der Waals surface area contributed by atoms with Gasteiger partial charge in [0.15, 0.2) is 0 Å². The van der Waals surface area contributed by atoms with Crippen molar-refractivity contribution in [3.05, 3.63) is 58.6 Å². The highest BCUT2D eigenvalue weighted by Gasteiger charge is 2.14. The molecule has 0 spiro atoms. The number of nitro groups is 1. The van der Waals surface area contributed by atoms with E-state index in [2.05, 4.69) is 10.1 Å². The van der Waals surface area contributed by atoms with Crippen molar-refractivity contribution >= 4 is 11.4 Å². The van der Waals surface area contributed by atoms with Crippen molar-refractivity contribution in [3.8, 4) is 22.8 Å². The van der Waals surface area contributed by atoms with Gasteiger partial charge in [-0.05, 0) is 12.1 Å². The van der Waals surface area contributed by atoms with Crippen LogP contribution in [0.25, 0.3) is 22.8 Å². The fourth-order valence-corrected chi connectivity index (χ4v) is 1.90. The zero-order chi connectivity index (χ0) is 14.8. The molecule has 0 aliphatic heterocycles. The standard InChI is InChI=1S/C14H10N4O3/c15-12-7-2-1-6-11(12)14-16-13(17-21-14)9-4-3-5-10(8-9)18(19)20/h1-8H,15H2. The van der Waals surface area contributed by atoms with E-state index in [1.165, 1.54) is 12.1 Å². The largest absolute Gasteiger partial charge is 0.398 e. The van der Waals surface area contributed by atoms with E-state index < -0.39 is 4.92 Å². The minimum absolute atomic E-state index is 0.0296. The van der Waals surface area contributed by atoms with Gasteiger partial charge in [-0.1, -0.05) is 29.4 Å². The first kappa shape index (κ1) is 12.8. The van der Waals surface area contributed by atoms with E-state index in [0.29, 0.717) is 16.8 Å². The predicted molar refractivity (Wildman–Crippen MR) is 76.2 cm³/mol. The molecule has 3 rings (SSSR count). The molecule has 1 aromatic heterocycles. The summed E-state index contributed by atoms with van der Waals surface area (Å²) in [6, 6.07) is 13.1. The Kier molecular flexibility index (Phi) is 3.07. The third-order valence-electron chi connectivity index (χ3n) is 2.93. The Bertz CT molecular complexity index is 813. The Morgan fingerprint density at radius 1 is 1.14 bits per heavy atom. The van der Waals surface area contributed by atoms with E-state index in [9.17, 15) is 10.1 Å². The van der Waals surface area contributed by atoms with Crippen molar-refractivity contribution < 1.29 is 9.45 Å². The van der Waals surface area contributed by atoms with Crippen molar-refractivity contribution in [1.29, 1.82) is 0 Å². The third kappa shape index (κ3) is 2.44. The number of benzene rings is 2. The molecule has 0 saturated heterocycles. The van der Waals surface area contributed by atoms with Gasteiger partial charge in [0.1, 0.15) is 0 Å². The number of nitro benzene ring substituents is 1. The minimum Gasteiger partial charge on any atom is -0.398 e. The maximum Gasteiger partial charge on any atom is 0.270 e. The Balaban J connectivity index is 2.01. The maximum absolute atomic E-state index is 10.8. The van der Waals surface area contributed by atoms with E-state index in [1.807, 2.05) is 6.07 Å². The van der Waals surface area contributed by atoms with Crippen LogP contribution < -0.4 is 5.73 Å². The van der Waals surface area contributed by atoms with Crippen LogP contribution in [0.2, 0.25) is 0 Å². The number of para-hydroxylation sites is 1. The second kappa shape index (κ2) is 5.04. The first-order valence-electron chi connectivity index (χ1n) is 6.08. The Morgan fingerprint density at radius 3 is 2.71 bits per heavy atom. The van der Waals surface area contributed by atoms with Crippen LogP contribution in [-0.4, -0.2) is 15.1 Å². The number of aromatic nitrogens is 2. The number of hydrogen-bond donors (Lipinski definition) is 1. The number of rotatable bonds is 3. The van der Waals surface area contributed by atoms with Crippen LogP contribution >= 0.6 is 0 Å². The van der Waals surface area contributed by atoms with Gasteiger partial charge >= 0.3 is 0 Å². The van der Waals surface area contributed by atoms with Crippen LogP contribution in [0.4, 0.5) is 11.4 Å². The van der Waals surface area contributed by atoms with Gasteiger partial charge in [0.2, 0.25) is 5.82 Å². The van der Waals surface area contributed by atoms with E-state index in [4.69, 9.17) is 10.3 Å². The zero-order valence-corrected chi connectivity index (χ0v) is 10.8. The molecule has 2 aromatic carbocycles. The fraction of sp³-hybridized carbons (Fsp3) is 0. The number of hydrogen-bond acceptors (Lipinski definition) is 6. The minimum atomic E-state index is -0.473. The van der Waals surface area contributed by atoms with Crippen molar-refractivity contribution in [1.82, 2.24) is 10.1 Å². The highest BCUT2D eigenvalue weighted by molar-refractivity contribution is 5.71. The van der Waals surface area contributed by atoms with Crippen LogP contribution in [0, 0.1) is 10.1 Å². The maximum atomic E-state index is 10.8. The molecule has 0 amide bonds. The van der Waals surface area contributed by atoms with Crippen molar-refractivity contribution in [3.63, 3.8) is 0 Å². The Morgan fingerprint density at radius 2 is 1.95 bits per heavy atom. The number of anilines is 1. The molecule has 7 nitrogen and oxygen atoms in total. The second-order valence-corrected chi connectivity index (χ2v) is 4.32. The van der Waals surface area contributed by atoms with E-state index in [-0.39, 0.29) is 17.4 Å². The van der Waals surface area contributed by atoms with Gasteiger partial charge in [0.05, 0.1) is 10.5 Å². The number of nitrogens with two attached hydrogens (primary N) is 1. The summed E-state index contributed by atoms with van der Waals surface area (Å²) >= 11 is 0. The summed E-state index contributed by atoms with van der Waals surface area (Å²) in [4.78, 5) is 14.5. The number of nitrogens with zero attached hydrogens (tertiary/aromatic N) is 3. The first-order chi connectivity index (χ1) is 10.1. The van der Waals surface area contributed by atoms with Gasteiger partial charge in [-0.25, -0.2) is 0 Å². The van der Waals surface area contributed by atoms with Crippen molar-refractivity contribution in [2.24, 2.45) is 0 Å². The van der Waals surface area contributed by atoms with Crippen LogP contribution in [-0.2, 0) is 0 Å². The zero-order valence-electron chi connectivity index (χ0n) is 10.8. The first-order valence-corrected chi connectivity index (χ1v) is 6.08. The molecule has 0 atom stereocenters. The number of non-ortho nitro benzene ring substituents is 1. The van der Waals surface area contributed by atoms with Gasteiger partial charge in [-0.15, -0.1) is 0 Å². The molecule has 0 aliphatic carbocycles. The van der Waals surface area contributed by atoms with E-state index in [0.717, 1.165) is 0 Å². The normalized spacial score (nSPS) is 10.5. The molecule has 1 heterocycles. The molecule has 0 bridgehead atoms. The monoisotopic (exact) mass is 282 g/mol. The molecule has 0 aliphatic rings. The SMILES string of the molecule is Nc1ccccc1-c1nc(-c2cccc([N+](=O)[O-])c2)no1. The van der Waals surface area contributed by atoms with Crippen LogP contribution in [0.3, 0.4) is 0 Å². The quantitative estimate of drug-likeness (QED) is 0.449. The van der Waals surface area contributed by atoms with Crippen LogP contribution in [0.5, 0.6) is 0 Å². The molecule has 3 aromatic rings. The molecule has 0 radical (unpaired) electrons. The molecule has 7 heteroatoms. The fourth-order valence-electron chi connectivity index (χ4n) is 1.90. The molecule has 0 unspecified atom stereocenters. The van der Waals surface area contributed by atoms with E-state index >= 15 is 0 Å². The average Bonchev–Trinajstić information content (AvgIpc) is 2.97. The number of nitrogen functional groups attached to an aromatic ring is 1. The predicted octanol–water partition coefficient (Wildman–Crippen LogP) is 2.89. The lowest BCUT2D eigenvalue weighted by Crippen LogP contribution is -1.90. The summed E-state index contributed by atoms with van der Waals surface area (Å²) in [7, 11) is 0. The van der Waals surface area contributed by atoms with Crippen LogP contribution in [0.1, 0.15) is 0 Å². The average molecular weight is 282 g/mol. The summed E-state index contributed by atoms with van der Waals surface area (Å²) < 4.78 is 5.18. The summed E-state index contributed by atoms with van der Waals surface area (Å²) in [5.74, 6) is 0.548. The Hall–Kier alpha value is -3.22. The van der Waals surface area contributed by atoms with Crippen molar-refractivity contribution in [2.45, 2.75) is 0 Å². The lowest BCUT2D eigenvalue weighted by atomic mass is 10.1. The molecule has 0 saturated carbocycles. The van der Waals surface area contributed by atoms with Gasteiger partial charge in [0.25, 0.3) is 11.6 Å². The van der Waals surface area contributed by atoms with Gasteiger partial charge < -0.3 is 10.3 Å². The topological polar surface area (TPSA) is 108 Å². The molecule has 104 valence electrons. The van der Waals surface area contributed by atoms with E-state index in [1.54, 1.807) is 30.3 Å². The van der Waals surface area contributed by atoms with Crippen molar-refractivity contribution in [2.75, 3.05) is 5.73 Å². The molecule has 0 fully saturated rings. The summed E-state index contributed by atoms with van der Waals surface area (Å²) in [5.41, 5.74) is 7.47. The van der Waals surface area contributed by atoms with Gasteiger partial charge in [0, 0.05) is 23.4 Å². The van der Waals surface area contributed by atoms with Gasteiger partial charge in [-0.3, -0.25) is 10.1 Å². The summed E-state index contributed by atoms with van der Waals surface area (Å²) in [6.07, 6.45) is 0. The Labute approximate surface area is 119 Å². The van der Waals surface area contributed by atoms with Crippen LogP contribution in [0.15, 0.2) is 53.1 Å².